The molecule has 1 saturated heterocycles. The lowest BCUT2D eigenvalue weighted by Crippen LogP contribution is -2.00. The maximum atomic E-state index is 4.56. The highest BCUT2D eigenvalue weighted by Gasteiger charge is 2.06. The van der Waals surface area contributed by atoms with Gasteiger partial charge >= 0.3 is 0 Å². The molecule has 0 aromatic rings. The van der Waals surface area contributed by atoms with Crippen molar-refractivity contribution in [2.24, 2.45) is 4.99 Å². The molecule has 0 radical (unpaired) electrons. The molecule has 0 unspecified atom stereocenters. The minimum Gasteiger partial charge on any atom is -0.272 e. The van der Waals surface area contributed by atoms with Gasteiger partial charge in [-0.05, 0) is 12.8 Å². The van der Waals surface area contributed by atoms with Gasteiger partial charge in [-0.1, -0.05) is 43.3 Å². The molecule has 0 aliphatic carbocycles. The fourth-order valence-corrected chi connectivity index (χ4v) is 3.35. The Kier molecular flexibility index (Phi) is 5.96. The van der Waals surface area contributed by atoms with Gasteiger partial charge in [0.05, 0.1) is 0 Å². The second-order valence-corrected chi connectivity index (χ2v) is 5.33. The summed E-state index contributed by atoms with van der Waals surface area (Å²) < 4.78 is 1.33. The van der Waals surface area contributed by atoms with E-state index < -0.39 is 0 Å². The van der Waals surface area contributed by atoms with Crippen molar-refractivity contribution in [3.05, 3.63) is 0 Å². The first kappa shape index (κ1) is 10.5. The molecule has 0 amide bonds. The van der Waals surface area contributed by atoms with Crippen LogP contribution in [0.25, 0.3) is 0 Å². The molecule has 1 fully saturated rings. The predicted molar refractivity (Wildman–Crippen MR) is 61.4 cm³/mol. The molecule has 12 heavy (non-hydrogen) atoms. The minimum absolute atomic E-state index is 1.04. The molecule has 1 rings (SSSR count). The van der Waals surface area contributed by atoms with Crippen LogP contribution in [0.15, 0.2) is 4.99 Å². The molecule has 70 valence electrons. The van der Waals surface area contributed by atoms with E-state index in [2.05, 4.69) is 11.9 Å². The topological polar surface area (TPSA) is 12.4 Å². The van der Waals surface area contributed by atoms with Crippen LogP contribution in [0.3, 0.4) is 0 Å². The van der Waals surface area contributed by atoms with E-state index in [1.54, 1.807) is 0 Å². The smallest absolute Gasteiger partial charge is 0.124 e. The van der Waals surface area contributed by atoms with Crippen molar-refractivity contribution in [1.82, 2.24) is 0 Å². The van der Waals surface area contributed by atoms with Crippen LogP contribution >= 0.6 is 23.5 Å². The highest BCUT2D eigenvalue weighted by atomic mass is 32.2. The van der Waals surface area contributed by atoms with Gasteiger partial charge in [0.1, 0.15) is 4.38 Å². The zero-order valence-electron chi connectivity index (χ0n) is 7.71. The maximum absolute atomic E-state index is 4.56. The Balaban J connectivity index is 2.08. The summed E-state index contributed by atoms with van der Waals surface area (Å²) >= 11 is 3.87. The van der Waals surface area contributed by atoms with Crippen LogP contribution in [0.1, 0.15) is 32.6 Å². The van der Waals surface area contributed by atoms with Crippen molar-refractivity contribution >= 4 is 27.9 Å². The fourth-order valence-electron chi connectivity index (χ4n) is 1.04. The normalized spacial score (nSPS) is 17.9. The van der Waals surface area contributed by atoms with Crippen LogP contribution in [0.2, 0.25) is 0 Å². The number of unbranched alkanes of at least 4 members (excludes halogenated alkanes) is 2. The van der Waals surface area contributed by atoms with Gasteiger partial charge in [0.2, 0.25) is 0 Å². The highest BCUT2D eigenvalue weighted by Crippen LogP contribution is 2.24. The molecular weight excluding hydrogens is 186 g/mol. The summed E-state index contributed by atoms with van der Waals surface area (Å²) in [5.41, 5.74) is 0. The molecule has 1 nitrogen and oxygen atoms in total. The number of nitrogens with zero attached hydrogens (tertiary/aromatic N) is 1. The van der Waals surface area contributed by atoms with Gasteiger partial charge in [-0.3, -0.25) is 4.99 Å². The van der Waals surface area contributed by atoms with Crippen molar-refractivity contribution in [2.75, 3.05) is 18.1 Å². The minimum atomic E-state index is 1.04. The fraction of sp³-hybridized carbons (Fsp3) is 0.889. The first-order valence-electron chi connectivity index (χ1n) is 4.73. The summed E-state index contributed by atoms with van der Waals surface area (Å²) in [6, 6.07) is 0. The van der Waals surface area contributed by atoms with Crippen molar-refractivity contribution in [3.8, 4) is 0 Å². The average molecular weight is 203 g/mol. The van der Waals surface area contributed by atoms with Crippen molar-refractivity contribution in [1.29, 1.82) is 0 Å². The van der Waals surface area contributed by atoms with E-state index in [-0.39, 0.29) is 0 Å². The van der Waals surface area contributed by atoms with Crippen LogP contribution in [-0.2, 0) is 0 Å². The van der Waals surface area contributed by atoms with Crippen LogP contribution < -0.4 is 0 Å². The van der Waals surface area contributed by atoms with Crippen molar-refractivity contribution in [3.63, 3.8) is 0 Å². The highest BCUT2D eigenvalue weighted by molar-refractivity contribution is 8.39. The first-order valence-corrected chi connectivity index (χ1v) is 6.70. The Morgan fingerprint density at radius 3 is 2.67 bits per heavy atom. The lowest BCUT2D eigenvalue weighted by Gasteiger charge is -2.10. The summed E-state index contributed by atoms with van der Waals surface area (Å²) in [6.45, 7) is 3.28. The summed E-state index contributed by atoms with van der Waals surface area (Å²) in [7, 11) is 0. The molecule has 0 spiro atoms. The number of hydrogen-bond acceptors (Lipinski definition) is 3. The zero-order chi connectivity index (χ0) is 8.65. The third kappa shape index (κ3) is 4.41. The Bertz CT molecular complexity index is 137. The molecule has 3 heteroatoms. The van der Waals surface area contributed by atoms with Crippen molar-refractivity contribution < 1.29 is 0 Å². The van der Waals surface area contributed by atoms with E-state index in [1.165, 1.54) is 41.6 Å². The molecule has 1 aliphatic heterocycles. The van der Waals surface area contributed by atoms with Gasteiger partial charge in [-0.2, -0.15) is 0 Å². The predicted octanol–water partition coefficient (Wildman–Crippen LogP) is 3.40. The third-order valence-corrected chi connectivity index (χ3v) is 4.19. The van der Waals surface area contributed by atoms with Gasteiger partial charge in [-0.15, -0.1) is 0 Å². The quantitative estimate of drug-likeness (QED) is 0.649. The van der Waals surface area contributed by atoms with Crippen LogP contribution in [0.5, 0.6) is 0 Å². The van der Waals surface area contributed by atoms with E-state index in [0.29, 0.717) is 0 Å². The Labute approximate surface area is 83.8 Å². The Morgan fingerprint density at radius 2 is 2.00 bits per heavy atom. The summed E-state index contributed by atoms with van der Waals surface area (Å²) in [4.78, 5) is 4.56. The molecule has 0 aromatic carbocycles. The summed E-state index contributed by atoms with van der Waals surface area (Å²) in [6.07, 6.45) is 5.24. The lowest BCUT2D eigenvalue weighted by atomic mass is 10.3. The maximum Gasteiger partial charge on any atom is 0.124 e. The van der Waals surface area contributed by atoms with Gasteiger partial charge < -0.3 is 0 Å². The lowest BCUT2D eigenvalue weighted by molar-refractivity contribution is 0.729. The van der Waals surface area contributed by atoms with Crippen LogP contribution in [-0.4, -0.2) is 22.4 Å². The van der Waals surface area contributed by atoms with Gasteiger partial charge in [0, 0.05) is 18.1 Å². The largest absolute Gasteiger partial charge is 0.272 e. The first-order chi connectivity index (χ1) is 5.93. The van der Waals surface area contributed by atoms with Gasteiger partial charge in [0.25, 0.3) is 0 Å². The Morgan fingerprint density at radius 1 is 1.25 bits per heavy atom. The van der Waals surface area contributed by atoms with Crippen molar-refractivity contribution in [2.45, 2.75) is 32.6 Å². The van der Waals surface area contributed by atoms with Crippen LogP contribution in [0.4, 0.5) is 0 Å². The van der Waals surface area contributed by atoms with E-state index in [1.807, 2.05) is 23.5 Å². The molecule has 0 bridgehead atoms. The zero-order valence-corrected chi connectivity index (χ0v) is 9.35. The molecule has 0 aromatic heterocycles. The van der Waals surface area contributed by atoms with E-state index in [9.17, 15) is 0 Å². The second kappa shape index (κ2) is 6.84. The van der Waals surface area contributed by atoms with Gasteiger partial charge in [0.15, 0.2) is 0 Å². The monoisotopic (exact) mass is 203 g/mol. The number of thioether (sulfide) groups is 2. The summed E-state index contributed by atoms with van der Waals surface area (Å²) in [5.74, 6) is 2.55. The molecular formula is C9H17NS2. The number of rotatable bonds is 4. The number of hydrogen-bond donors (Lipinski definition) is 0. The third-order valence-electron chi connectivity index (χ3n) is 1.74. The summed E-state index contributed by atoms with van der Waals surface area (Å²) in [5, 5.41) is 0. The van der Waals surface area contributed by atoms with E-state index >= 15 is 0 Å². The Hall–Kier alpha value is 0.370. The second-order valence-electron chi connectivity index (χ2n) is 2.91. The standard InChI is InChI=1S/C9H17NS2/c1-2-3-4-6-10-9-11-7-5-8-12-9/h2-8H2,1H3. The number of aliphatic imine (C=N–C) groups is 1. The SMILES string of the molecule is CCCCCN=C1SCCCS1. The van der Waals surface area contributed by atoms with Gasteiger partial charge in [-0.25, -0.2) is 0 Å². The molecule has 1 aliphatic rings. The molecule has 0 N–H and O–H groups in total. The molecule has 0 saturated carbocycles. The van der Waals surface area contributed by atoms with Crippen LogP contribution in [0, 0.1) is 0 Å². The van der Waals surface area contributed by atoms with E-state index in [4.69, 9.17) is 0 Å². The average Bonchev–Trinajstić information content (AvgIpc) is 2.14. The molecule has 0 atom stereocenters. The van der Waals surface area contributed by atoms with E-state index in [0.717, 1.165) is 6.54 Å². The molecule has 1 heterocycles.